The van der Waals surface area contributed by atoms with Crippen molar-refractivity contribution in [3.05, 3.63) is 52.6 Å². The third-order valence-electron chi connectivity index (χ3n) is 8.67. The lowest BCUT2D eigenvalue weighted by molar-refractivity contribution is -0.114. The van der Waals surface area contributed by atoms with Crippen molar-refractivity contribution < 1.29 is 14.6 Å². The highest BCUT2D eigenvalue weighted by molar-refractivity contribution is 5.93. The van der Waals surface area contributed by atoms with Gasteiger partial charge in [0.15, 0.2) is 5.78 Å². The van der Waals surface area contributed by atoms with Gasteiger partial charge in [-0.15, -0.1) is 6.42 Å². The van der Waals surface area contributed by atoms with Gasteiger partial charge in [-0.25, -0.2) is 0 Å². The SMILES string of the molecule is C#C[C@]1(O)CCC2C3CCC4=CC(=O)CCC4=C3C(c3ccc(N(C)C)cc3)OCC21C. The van der Waals surface area contributed by atoms with Gasteiger partial charge in [0.2, 0.25) is 0 Å². The molecule has 3 aliphatic carbocycles. The molecule has 4 aliphatic rings. The molecule has 2 fully saturated rings. The van der Waals surface area contributed by atoms with E-state index in [-0.39, 0.29) is 17.8 Å². The monoisotopic (exact) mass is 431 g/mol. The largest absolute Gasteiger partial charge is 0.378 e. The number of hydrogen-bond acceptors (Lipinski definition) is 4. The second-order valence-corrected chi connectivity index (χ2v) is 10.5. The summed E-state index contributed by atoms with van der Waals surface area (Å²) in [5.74, 6) is 3.55. The van der Waals surface area contributed by atoms with E-state index in [1.54, 1.807) is 0 Å². The summed E-state index contributed by atoms with van der Waals surface area (Å²) in [6.45, 7) is 2.56. The Morgan fingerprint density at radius 2 is 1.91 bits per heavy atom. The highest BCUT2D eigenvalue weighted by atomic mass is 16.5. The van der Waals surface area contributed by atoms with Crippen LogP contribution in [0.2, 0.25) is 0 Å². The molecule has 4 unspecified atom stereocenters. The van der Waals surface area contributed by atoms with Crippen LogP contribution < -0.4 is 4.90 Å². The van der Waals surface area contributed by atoms with Crippen molar-refractivity contribution >= 4 is 11.5 Å². The third-order valence-corrected chi connectivity index (χ3v) is 8.67. The summed E-state index contributed by atoms with van der Waals surface area (Å²) in [4.78, 5) is 14.3. The summed E-state index contributed by atoms with van der Waals surface area (Å²) < 4.78 is 6.71. The predicted octanol–water partition coefficient (Wildman–Crippen LogP) is 4.60. The van der Waals surface area contributed by atoms with Crippen molar-refractivity contribution in [1.29, 1.82) is 0 Å². The minimum absolute atomic E-state index is 0.174. The minimum Gasteiger partial charge on any atom is -0.378 e. The number of fused-ring (bicyclic) bond motifs is 4. The van der Waals surface area contributed by atoms with E-state index in [1.807, 2.05) is 20.2 Å². The minimum atomic E-state index is -1.14. The van der Waals surface area contributed by atoms with Crippen LogP contribution in [0.25, 0.3) is 0 Å². The predicted molar refractivity (Wildman–Crippen MR) is 126 cm³/mol. The molecule has 0 amide bonds. The Morgan fingerprint density at radius 1 is 1.16 bits per heavy atom. The second-order valence-electron chi connectivity index (χ2n) is 10.5. The van der Waals surface area contributed by atoms with E-state index >= 15 is 0 Å². The van der Waals surface area contributed by atoms with Gasteiger partial charge in [-0.2, -0.15) is 0 Å². The van der Waals surface area contributed by atoms with Gasteiger partial charge in [-0.05, 0) is 84.4 Å². The molecular formula is C28H33NO3. The molecule has 168 valence electrons. The van der Waals surface area contributed by atoms with Crippen LogP contribution in [-0.4, -0.2) is 37.2 Å². The maximum atomic E-state index is 12.2. The summed E-state index contributed by atoms with van der Waals surface area (Å²) in [6.07, 6.45) is 12.3. The zero-order valence-corrected chi connectivity index (χ0v) is 19.4. The molecule has 1 saturated heterocycles. The van der Waals surface area contributed by atoms with Gasteiger partial charge >= 0.3 is 0 Å². The Bertz CT molecular complexity index is 1040. The maximum Gasteiger partial charge on any atom is 0.156 e. The van der Waals surface area contributed by atoms with E-state index in [9.17, 15) is 9.90 Å². The molecular weight excluding hydrogens is 398 g/mol. The molecule has 0 aromatic heterocycles. The quantitative estimate of drug-likeness (QED) is 0.696. The van der Waals surface area contributed by atoms with Gasteiger partial charge in [-0.1, -0.05) is 25.0 Å². The Morgan fingerprint density at radius 3 is 2.59 bits per heavy atom. The fourth-order valence-corrected chi connectivity index (χ4v) is 6.73. The number of carbonyl (C=O) groups excluding carboxylic acids is 1. The molecule has 5 rings (SSSR count). The number of ether oxygens (including phenoxy) is 1. The lowest BCUT2D eigenvalue weighted by Crippen LogP contribution is -2.48. The van der Waals surface area contributed by atoms with Crippen LogP contribution in [0.5, 0.6) is 0 Å². The van der Waals surface area contributed by atoms with Crippen molar-refractivity contribution in [3.8, 4) is 12.3 Å². The molecule has 5 atom stereocenters. The van der Waals surface area contributed by atoms with E-state index in [1.165, 1.54) is 16.7 Å². The molecule has 1 N–H and O–H groups in total. The molecule has 1 saturated carbocycles. The molecule has 1 heterocycles. The van der Waals surface area contributed by atoms with Crippen LogP contribution in [0.15, 0.2) is 47.1 Å². The number of benzene rings is 1. The zero-order valence-electron chi connectivity index (χ0n) is 19.4. The van der Waals surface area contributed by atoms with Crippen LogP contribution in [-0.2, 0) is 9.53 Å². The number of hydrogen-bond donors (Lipinski definition) is 1. The molecule has 1 aromatic rings. The topological polar surface area (TPSA) is 49.8 Å². The molecule has 4 nitrogen and oxygen atoms in total. The van der Waals surface area contributed by atoms with E-state index in [0.29, 0.717) is 25.4 Å². The first-order chi connectivity index (χ1) is 15.3. The standard InChI is InChI=1S/C28H33NO3/c1-5-28(31)15-14-24-23-12-8-19-16-21(30)11-13-22(19)25(23)26(32-17-27(24,28)2)18-6-9-20(10-7-18)29(3)4/h1,6-7,9-10,16,23-24,26,31H,8,11-15,17H2,2-4H3/t23?,24?,26?,27?,28-/m0/s1. The van der Waals surface area contributed by atoms with Gasteiger partial charge in [0.25, 0.3) is 0 Å². The van der Waals surface area contributed by atoms with Gasteiger partial charge in [0.05, 0.1) is 6.61 Å². The van der Waals surface area contributed by atoms with Gasteiger partial charge in [0, 0.05) is 31.6 Å². The molecule has 1 aliphatic heterocycles. The fraction of sp³-hybridized carbons (Fsp3) is 0.536. The van der Waals surface area contributed by atoms with Crippen molar-refractivity contribution in [1.82, 2.24) is 0 Å². The highest BCUT2D eigenvalue weighted by Gasteiger charge is 2.61. The second kappa shape index (κ2) is 7.61. The fourth-order valence-electron chi connectivity index (χ4n) is 6.73. The number of carbonyl (C=O) groups is 1. The van der Waals surface area contributed by atoms with Gasteiger partial charge in [-0.3, -0.25) is 4.79 Å². The molecule has 0 spiro atoms. The first-order valence-corrected chi connectivity index (χ1v) is 11.8. The summed E-state index contributed by atoms with van der Waals surface area (Å²) in [5.41, 5.74) is 4.51. The average Bonchev–Trinajstić information content (AvgIpc) is 2.96. The zero-order chi connectivity index (χ0) is 22.7. The molecule has 0 bridgehead atoms. The first-order valence-electron chi connectivity index (χ1n) is 11.8. The third kappa shape index (κ3) is 3.10. The summed E-state index contributed by atoms with van der Waals surface area (Å²) >= 11 is 0. The van der Waals surface area contributed by atoms with Crippen molar-refractivity contribution in [3.63, 3.8) is 0 Å². The van der Waals surface area contributed by atoms with E-state index in [4.69, 9.17) is 11.2 Å². The molecule has 32 heavy (non-hydrogen) atoms. The van der Waals surface area contributed by atoms with Crippen molar-refractivity contribution in [2.45, 2.75) is 57.2 Å². The smallest absolute Gasteiger partial charge is 0.156 e. The number of terminal acetylenes is 1. The van der Waals surface area contributed by atoms with E-state index in [0.717, 1.165) is 36.9 Å². The summed E-state index contributed by atoms with van der Waals surface area (Å²) in [7, 11) is 4.08. The number of aliphatic hydroxyl groups is 1. The van der Waals surface area contributed by atoms with Gasteiger partial charge in [0.1, 0.15) is 11.7 Å². The number of nitrogens with zero attached hydrogens (tertiary/aromatic N) is 1. The Hall–Kier alpha value is -2.35. The number of ketones is 1. The highest BCUT2D eigenvalue weighted by Crippen LogP contribution is 2.61. The number of rotatable bonds is 2. The van der Waals surface area contributed by atoms with Crippen LogP contribution in [0, 0.1) is 29.6 Å². The molecule has 1 aromatic carbocycles. The first kappa shape index (κ1) is 21.5. The Labute approximate surface area is 191 Å². The van der Waals surface area contributed by atoms with Crippen LogP contribution >= 0.6 is 0 Å². The Kier molecular flexibility index (Phi) is 5.11. The van der Waals surface area contributed by atoms with Crippen molar-refractivity contribution in [2.24, 2.45) is 17.3 Å². The summed E-state index contributed by atoms with van der Waals surface area (Å²) in [6, 6.07) is 8.59. The van der Waals surface area contributed by atoms with Crippen LogP contribution in [0.1, 0.15) is 57.1 Å². The molecule has 4 heteroatoms. The van der Waals surface area contributed by atoms with Crippen molar-refractivity contribution in [2.75, 3.05) is 25.6 Å². The lowest BCUT2D eigenvalue weighted by atomic mass is 9.62. The van der Waals surface area contributed by atoms with E-state index < -0.39 is 11.0 Å². The van der Waals surface area contributed by atoms with Crippen LogP contribution in [0.4, 0.5) is 5.69 Å². The van der Waals surface area contributed by atoms with Gasteiger partial charge < -0.3 is 14.7 Å². The Balaban J connectivity index is 1.66. The lowest BCUT2D eigenvalue weighted by Gasteiger charge is -2.42. The number of anilines is 1. The normalized spacial score (nSPS) is 36.4. The van der Waals surface area contributed by atoms with E-state index in [2.05, 4.69) is 42.0 Å². The average molecular weight is 432 g/mol. The number of allylic oxidation sites excluding steroid dienone is 3. The summed E-state index contributed by atoms with van der Waals surface area (Å²) in [5, 5.41) is 11.4. The maximum absolute atomic E-state index is 12.2. The molecule has 0 radical (unpaired) electrons. The van der Waals surface area contributed by atoms with Crippen LogP contribution in [0.3, 0.4) is 0 Å².